The maximum Gasteiger partial charge on any atom is 0.143 e. The van der Waals surface area contributed by atoms with Gasteiger partial charge in [-0.05, 0) is 24.6 Å². The molecule has 0 aliphatic carbocycles. The summed E-state index contributed by atoms with van der Waals surface area (Å²) < 4.78 is 5.75. The van der Waals surface area contributed by atoms with E-state index in [0.717, 1.165) is 22.0 Å². The summed E-state index contributed by atoms with van der Waals surface area (Å²) in [5.74, 6) is 0.729. The third-order valence-electron chi connectivity index (χ3n) is 2.84. The predicted molar refractivity (Wildman–Crippen MR) is 80.7 cm³/mol. The molecule has 1 aromatic carbocycles. The van der Waals surface area contributed by atoms with Crippen molar-refractivity contribution in [3.05, 3.63) is 39.8 Å². The van der Waals surface area contributed by atoms with Crippen LogP contribution in [-0.4, -0.2) is 4.98 Å². The van der Waals surface area contributed by atoms with E-state index in [1.54, 1.807) is 11.3 Å². The molecule has 3 nitrogen and oxygen atoms in total. The minimum absolute atomic E-state index is 0.0805. The van der Waals surface area contributed by atoms with Crippen molar-refractivity contribution in [1.29, 1.82) is 0 Å². The first-order chi connectivity index (χ1) is 8.86. The number of nitrogen functional groups attached to an aromatic ring is 1. The van der Waals surface area contributed by atoms with Crippen LogP contribution in [0.1, 0.15) is 37.0 Å². The van der Waals surface area contributed by atoms with Crippen LogP contribution in [0.3, 0.4) is 0 Å². The summed E-state index contributed by atoms with van der Waals surface area (Å²) in [4.78, 5) is 4.60. The van der Waals surface area contributed by atoms with E-state index in [9.17, 15) is 0 Å². The van der Waals surface area contributed by atoms with E-state index >= 15 is 0 Å². The summed E-state index contributed by atoms with van der Waals surface area (Å²) in [5.41, 5.74) is 8.87. The summed E-state index contributed by atoms with van der Waals surface area (Å²) >= 11 is 1.63. The molecule has 2 aromatic rings. The fraction of sp³-hybridized carbons (Fsp3) is 0.400. The normalized spacial score (nSPS) is 11.6. The summed E-state index contributed by atoms with van der Waals surface area (Å²) in [6.07, 6.45) is 0. The van der Waals surface area contributed by atoms with E-state index in [2.05, 4.69) is 31.1 Å². The minimum Gasteiger partial charge on any atom is -0.484 e. The molecule has 1 aromatic heterocycles. The van der Waals surface area contributed by atoms with Crippen molar-refractivity contribution in [2.45, 2.75) is 39.7 Å². The smallest absolute Gasteiger partial charge is 0.143 e. The van der Waals surface area contributed by atoms with Crippen LogP contribution >= 0.6 is 11.3 Å². The molecule has 0 atom stereocenters. The van der Waals surface area contributed by atoms with Crippen LogP contribution in [0.15, 0.2) is 23.6 Å². The van der Waals surface area contributed by atoms with E-state index in [0.29, 0.717) is 12.3 Å². The highest BCUT2D eigenvalue weighted by atomic mass is 32.1. The fourth-order valence-corrected chi connectivity index (χ4v) is 2.56. The van der Waals surface area contributed by atoms with Crippen molar-refractivity contribution in [2.24, 2.45) is 0 Å². The van der Waals surface area contributed by atoms with Gasteiger partial charge in [0.25, 0.3) is 0 Å². The predicted octanol–water partition coefficient (Wildman–Crippen LogP) is 3.91. The van der Waals surface area contributed by atoms with Gasteiger partial charge in [-0.1, -0.05) is 26.8 Å². The molecule has 2 N–H and O–H groups in total. The number of thiazole rings is 1. The molecule has 0 aliphatic heterocycles. The lowest BCUT2D eigenvalue weighted by atomic mass is 9.93. The van der Waals surface area contributed by atoms with Gasteiger partial charge in [0, 0.05) is 10.8 Å². The van der Waals surface area contributed by atoms with Crippen LogP contribution in [0.25, 0.3) is 0 Å². The fourth-order valence-electron chi connectivity index (χ4n) is 1.63. The Balaban J connectivity index is 2.06. The van der Waals surface area contributed by atoms with E-state index in [1.807, 2.05) is 25.1 Å². The topological polar surface area (TPSA) is 48.1 Å². The molecule has 2 rings (SSSR count). The largest absolute Gasteiger partial charge is 0.484 e. The second-order valence-corrected chi connectivity index (χ2v) is 6.65. The van der Waals surface area contributed by atoms with Gasteiger partial charge >= 0.3 is 0 Å². The van der Waals surface area contributed by atoms with Gasteiger partial charge in [-0.2, -0.15) is 0 Å². The average Bonchev–Trinajstić information content (AvgIpc) is 2.79. The van der Waals surface area contributed by atoms with Crippen LogP contribution in [0.4, 0.5) is 5.69 Å². The number of nitrogens with two attached hydrogens (primary N) is 1. The van der Waals surface area contributed by atoms with Crippen molar-refractivity contribution >= 4 is 17.0 Å². The molecular weight excluding hydrogens is 256 g/mol. The second-order valence-electron chi connectivity index (χ2n) is 5.71. The van der Waals surface area contributed by atoms with Gasteiger partial charge in [-0.25, -0.2) is 4.98 Å². The van der Waals surface area contributed by atoms with E-state index < -0.39 is 0 Å². The zero-order valence-corrected chi connectivity index (χ0v) is 12.7. The van der Waals surface area contributed by atoms with Crippen molar-refractivity contribution in [1.82, 2.24) is 4.98 Å². The maximum atomic E-state index is 5.89. The van der Waals surface area contributed by atoms with Crippen LogP contribution in [0.2, 0.25) is 0 Å². The second kappa shape index (κ2) is 5.21. The number of anilines is 1. The standard InChI is InChI=1S/C15H20N2OS/c1-10-5-6-11(16)12(7-10)18-8-14-17-13(9-19-14)15(2,3)4/h5-7,9H,8,16H2,1-4H3. The van der Waals surface area contributed by atoms with Crippen LogP contribution in [0, 0.1) is 6.92 Å². The van der Waals surface area contributed by atoms with Gasteiger partial charge in [-0.15, -0.1) is 11.3 Å². The third kappa shape index (κ3) is 3.47. The minimum atomic E-state index is 0.0805. The van der Waals surface area contributed by atoms with Crippen molar-refractivity contribution in [3.63, 3.8) is 0 Å². The van der Waals surface area contributed by atoms with Crippen LogP contribution in [-0.2, 0) is 12.0 Å². The lowest BCUT2D eigenvalue weighted by Crippen LogP contribution is -2.11. The molecule has 0 radical (unpaired) electrons. The monoisotopic (exact) mass is 276 g/mol. The molecule has 19 heavy (non-hydrogen) atoms. The molecule has 0 saturated carbocycles. The van der Waals surface area contributed by atoms with Gasteiger partial charge in [0.15, 0.2) is 0 Å². The SMILES string of the molecule is Cc1ccc(N)c(OCc2nc(C(C)(C)C)cs2)c1. The Morgan fingerprint density at radius 2 is 2.05 bits per heavy atom. The Hall–Kier alpha value is -1.55. The zero-order chi connectivity index (χ0) is 14.0. The molecule has 0 fully saturated rings. The highest BCUT2D eigenvalue weighted by molar-refractivity contribution is 7.09. The van der Waals surface area contributed by atoms with Gasteiger partial charge in [0.1, 0.15) is 17.4 Å². The number of aryl methyl sites for hydroxylation is 1. The molecule has 0 bridgehead atoms. The average molecular weight is 276 g/mol. The first-order valence-electron chi connectivity index (χ1n) is 6.30. The molecule has 0 saturated heterocycles. The van der Waals surface area contributed by atoms with Gasteiger partial charge in [0.2, 0.25) is 0 Å². The van der Waals surface area contributed by atoms with Crippen molar-refractivity contribution < 1.29 is 4.74 Å². The van der Waals surface area contributed by atoms with Crippen LogP contribution < -0.4 is 10.5 Å². The quantitative estimate of drug-likeness (QED) is 0.865. The molecule has 0 aliphatic rings. The first kappa shape index (κ1) is 13.9. The Morgan fingerprint density at radius 3 is 2.68 bits per heavy atom. The first-order valence-corrected chi connectivity index (χ1v) is 7.18. The van der Waals surface area contributed by atoms with Crippen LogP contribution in [0.5, 0.6) is 5.75 Å². The van der Waals surface area contributed by atoms with Crippen molar-refractivity contribution in [2.75, 3.05) is 5.73 Å². The highest BCUT2D eigenvalue weighted by Gasteiger charge is 2.17. The molecule has 1 heterocycles. The lowest BCUT2D eigenvalue weighted by molar-refractivity contribution is 0.306. The molecule has 0 amide bonds. The molecule has 0 unspecified atom stereocenters. The van der Waals surface area contributed by atoms with E-state index in [-0.39, 0.29) is 5.41 Å². The molecule has 0 spiro atoms. The summed E-state index contributed by atoms with van der Waals surface area (Å²) in [5, 5.41) is 3.07. The Kier molecular flexibility index (Phi) is 3.80. The Morgan fingerprint density at radius 1 is 1.32 bits per heavy atom. The van der Waals surface area contributed by atoms with Gasteiger partial charge in [0.05, 0.1) is 11.4 Å². The molecular formula is C15H20N2OS. The Bertz CT molecular complexity index is 570. The third-order valence-corrected chi connectivity index (χ3v) is 3.66. The van der Waals surface area contributed by atoms with E-state index in [1.165, 1.54) is 0 Å². The number of rotatable bonds is 3. The van der Waals surface area contributed by atoms with Gasteiger partial charge < -0.3 is 10.5 Å². The maximum absolute atomic E-state index is 5.89. The highest BCUT2D eigenvalue weighted by Crippen LogP contribution is 2.26. The number of ether oxygens (including phenoxy) is 1. The molecule has 102 valence electrons. The van der Waals surface area contributed by atoms with E-state index in [4.69, 9.17) is 10.5 Å². The number of benzene rings is 1. The number of hydrogen-bond acceptors (Lipinski definition) is 4. The van der Waals surface area contributed by atoms with Crippen molar-refractivity contribution in [3.8, 4) is 5.75 Å². The number of aromatic nitrogens is 1. The number of nitrogens with zero attached hydrogens (tertiary/aromatic N) is 1. The summed E-state index contributed by atoms with van der Waals surface area (Å²) in [6, 6.07) is 5.80. The summed E-state index contributed by atoms with van der Waals surface area (Å²) in [7, 11) is 0. The zero-order valence-electron chi connectivity index (χ0n) is 11.9. The molecule has 4 heteroatoms. The Labute approximate surface area is 118 Å². The summed E-state index contributed by atoms with van der Waals surface area (Å²) in [6.45, 7) is 8.96. The lowest BCUT2D eigenvalue weighted by Gasteiger charge is -2.14. The number of hydrogen-bond donors (Lipinski definition) is 1. The van der Waals surface area contributed by atoms with Gasteiger partial charge in [-0.3, -0.25) is 0 Å².